The molecule has 0 bridgehead atoms. The first-order chi connectivity index (χ1) is 4.70. The number of hydrogen-bond donors (Lipinski definition) is 1. The summed E-state index contributed by atoms with van der Waals surface area (Å²) in [6.45, 7) is 0. The largest absolute Gasteiger partial charge is 1.00 e. The second-order valence-electron chi connectivity index (χ2n) is 2.00. The van der Waals surface area contributed by atoms with Crippen molar-refractivity contribution in [3.8, 4) is 0 Å². The molecule has 0 aliphatic carbocycles. The number of benzene rings is 1. The van der Waals surface area contributed by atoms with Gasteiger partial charge >= 0.3 is 104 Å². The Hall–Kier alpha value is 0.585. The van der Waals surface area contributed by atoms with Crippen LogP contribution in [0.25, 0.3) is 0 Å². The van der Waals surface area contributed by atoms with Crippen LogP contribution in [0.2, 0.25) is 0 Å². The van der Waals surface area contributed by atoms with Gasteiger partial charge in [-0.2, -0.15) is 0 Å². The summed E-state index contributed by atoms with van der Waals surface area (Å²) in [7, 11) is 0. The van der Waals surface area contributed by atoms with Gasteiger partial charge in [-0.05, 0) is 0 Å². The van der Waals surface area contributed by atoms with E-state index in [4.69, 9.17) is 5.11 Å². The zero-order valence-corrected chi connectivity index (χ0v) is 14.4. The first-order valence-electron chi connectivity index (χ1n) is 2.85. The van der Waals surface area contributed by atoms with E-state index < -0.39 is 5.97 Å². The van der Waals surface area contributed by atoms with Crippen LogP contribution in [0.4, 0.5) is 0 Å². The summed E-state index contributed by atoms with van der Waals surface area (Å²) in [4.78, 5) is 10.3. The van der Waals surface area contributed by atoms with Gasteiger partial charge in [0.2, 0.25) is 0 Å². The van der Waals surface area contributed by atoms with Gasteiger partial charge < -0.3 is 5.48 Å². The van der Waals surface area contributed by atoms with Crippen LogP contribution >= 0.6 is 0 Å². The molecule has 0 amide bonds. The smallest absolute Gasteiger partial charge is 1.00 e. The maximum Gasteiger partial charge on any atom is 1.00 e. The molecule has 5 heteroatoms. The summed E-state index contributed by atoms with van der Waals surface area (Å²) in [6.07, 6.45) is 0. The predicted molar refractivity (Wildman–Crippen MR) is 36.6 cm³/mol. The van der Waals surface area contributed by atoms with Gasteiger partial charge in [-0.3, -0.25) is 0 Å². The van der Waals surface area contributed by atoms with Crippen molar-refractivity contribution in [3.63, 3.8) is 0 Å². The van der Waals surface area contributed by atoms with Crippen LogP contribution in [0.15, 0.2) is 24.3 Å². The molecule has 0 aliphatic heterocycles. The van der Waals surface area contributed by atoms with Gasteiger partial charge in [0.05, 0.1) is 0 Å². The van der Waals surface area contributed by atoms with Crippen molar-refractivity contribution in [3.05, 3.63) is 29.8 Å². The SMILES string of the molecule is O.O=C(O)c1cc[c]([Hg])cc1.[Na+]. The predicted octanol–water partition coefficient (Wildman–Crippen LogP) is -3.26. The zero-order chi connectivity index (χ0) is 7.56. The minimum Gasteiger partial charge on any atom is 1.00 e. The van der Waals surface area contributed by atoms with E-state index in [1.165, 1.54) is 3.07 Å². The summed E-state index contributed by atoms with van der Waals surface area (Å²) in [5.41, 5.74) is 0.370. The van der Waals surface area contributed by atoms with Crippen molar-refractivity contribution in [2.75, 3.05) is 0 Å². The van der Waals surface area contributed by atoms with E-state index in [-0.39, 0.29) is 35.0 Å². The number of aromatic carboxylic acids is 1. The monoisotopic (exact) mass is 364 g/mol. The quantitative estimate of drug-likeness (QED) is 0.533. The molecule has 0 radical (unpaired) electrons. The Morgan fingerprint density at radius 1 is 1.25 bits per heavy atom. The molecule has 0 aliphatic rings. The van der Waals surface area contributed by atoms with Crippen LogP contribution in [0, 0.1) is 0 Å². The van der Waals surface area contributed by atoms with Crippen LogP contribution in [0.5, 0.6) is 0 Å². The summed E-state index contributed by atoms with van der Waals surface area (Å²) in [6, 6.07) is 7.02. The number of carboxylic acids is 1. The summed E-state index contributed by atoms with van der Waals surface area (Å²) >= 11 is 0.596. The molecule has 1 rings (SSSR count). The number of carboxylic acid groups (broad SMARTS) is 1. The number of rotatable bonds is 1. The van der Waals surface area contributed by atoms with E-state index in [0.717, 1.165) is 0 Å². The first kappa shape index (κ1) is 15.1. The molecule has 1 aromatic rings. The van der Waals surface area contributed by atoms with E-state index in [1.54, 1.807) is 12.1 Å². The second-order valence-corrected chi connectivity index (χ2v) is 5.18. The average Bonchev–Trinajstić information content (AvgIpc) is 1.88. The van der Waals surface area contributed by atoms with Crippen LogP contribution in [-0.4, -0.2) is 16.6 Å². The minimum atomic E-state index is -0.853. The summed E-state index contributed by atoms with van der Waals surface area (Å²) < 4.78 is 1.27. The van der Waals surface area contributed by atoms with Crippen molar-refractivity contribution < 1.29 is 71.1 Å². The van der Waals surface area contributed by atoms with Gasteiger partial charge in [0.15, 0.2) is 0 Å². The molecule has 1 aromatic carbocycles. The van der Waals surface area contributed by atoms with Crippen molar-refractivity contribution >= 4 is 9.04 Å². The molecular formula is C7H7HgNaO3+. The fraction of sp³-hybridized carbons (Fsp3) is 0. The number of hydrogen-bond acceptors (Lipinski definition) is 1. The van der Waals surface area contributed by atoms with Crippen molar-refractivity contribution in [2.24, 2.45) is 0 Å². The van der Waals surface area contributed by atoms with Gasteiger partial charge in [-0.25, -0.2) is 0 Å². The van der Waals surface area contributed by atoms with Crippen LogP contribution < -0.4 is 32.6 Å². The van der Waals surface area contributed by atoms with E-state index in [0.29, 0.717) is 31.7 Å². The third-order valence-electron chi connectivity index (χ3n) is 1.20. The molecular weight excluding hydrogens is 356 g/mol. The first-order valence-corrected chi connectivity index (χ1v) is 5.60. The molecule has 0 aromatic heterocycles. The van der Waals surface area contributed by atoms with Gasteiger partial charge in [0.1, 0.15) is 0 Å². The van der Waals surface area contributed by atoms with Crippen molar-refractivity contribution in [1.82, 2.24) is 0 Å². The minimum absolute atomic E-state index is 0. The summed E-state index contributed by atoms with van der Waals surface area (Å²) in [5.74, 6) is -0.853. The average molecular weight is 363 g/mol. The van der Waals surface area contributed by atoms with E-state index in [2.05, 4.69) is 0 Å². The number of carbonyl (C=O) groups is 1. The third kappa shape index (κ3) is 4.57. The standard InChI is InChI=1S/C7H5O2.Hg.Na.H2O/c8-7(9)6-4-2-1-3-5-6;;;/h2-5H,(H,8,9);;;1H2/q;;+1;. The Kier molecular flexibility index (Phi) is 8.84. The zero-order valence-electron chi connectivity index (χ0n) is 6.87. The molecule has 12 heavy (non-hydrogen) atoms. The Bertz CT molecular complexity index is 247. The molecule has 55 valence electrons. The van der Waals surface area contributed by atoms with Gasteiger partial charge in [0, 0.05) is 0 Å². The second kappa shape index (κ2) is 7.03. The molecule has 0 spiro atoms. The maximum atomic E-state index is 10.3. The van der Waals surface area contributed by atoms with Crippen LogP contribution in [0.3, 0.4) is 0 Å². The topological polar surface area (TPSA) is 68.8 Å². The Morgan fingerprint density at radius 3 is 2.00 bits per heavy atom. The molecule has 0 heterocycles. The van der Waals surface area contributed by atoms with E-state index in [9.17, 15) is 4.79 Å². The molecule has 0 saturated carbocycles. The van der Waals surface area contributed by atoms with Crippen LogP contribution in [-0.2, 0) is 26.1 Å². The molecule has 0 unspecified atom stereocenters. The van der Waals surface area contributed by atoms with Gasteiger partial charge in [0.25, 0.3) is 0 Å². The molecule has 3 N–H and O–H groups in total. The maximum absolute atomic E-state index is 10.3. The molecule has 0 atom stereocenters. The Labute approximate surface area is 109 Å². The Balaban J connectivity index is 0. The van der Waals surface area contributed by atoms with Crippen LogP contribution in [0.1, 0.15) is 10.4 Å². The van der Waals surface area contributed by atoms with E-state index in [1.807, 2.05) is 12.1 Å². The molecule has 0 fully saturated rings. The fourth-order valence-electron chi connectivity index (χ4n) is 0.647. The Morgan fingerprint density at radius 2 is 1.67 bits per heavy atom. The van der Waals surface area contributed by atoms with Crippen molar-refractivity contribution in [2.45, 2.75) is 0 Å². The van der Waals surface area contributed by atoms with Crippen molar-refractivity contribution in [1.29, 1.82) is 0 Å². The third-order valence-corrected chi connectivity index (χ3v) is 3.03. The summed E-state index contributed by atoms with van der Waals surface area (Å²) in [5, 5.41) is 8.49. The normalized spacial score (nSPS) is 7.83. The fourth-order valence-corrected chi connectivity index (χ4v) is 1.56. The molecule has 3 nitrogen and oxygen atoms in total. The van der Waals surface area contributed by atoms with Gasteiger partial charge in [-0.1, -0.05) is 0 Å². The van der Waals surface area contributed by atoms with Gasteiger partial charge in [-0.15, -0.1) is 0 Å². The molecule has 0 saturated heterocycles. The van der Waals surface area contributed by atoms with E-state index >= 15 is 0 Å².